The van der Waals surface area contributed by atoms with E-state index in [4.69, 9.17) is 16.3 Å². The van der Waals surface area contributed by atoms with Gasteiger partial charge in [-0.05, 0) is 28.5 Å². The van der Waals surface area contributed by atoms with Crippen LogP contribution in [-0.2, 0) is 0 Å². The number of rotatable bonds is 3. The number of hydrazone groups is 1. The van der Waals surface area contributed by atoms with Crippen molar-refractivity contribution in [3.8, 4) is 11.5 Å². The van der Waals surface area contributed by atoms with Gasteiger partial charge in [0.2, 0.25) is 11.3 Å². The fourth-order valence-corrected chi connectivity index (χ4v) is 1.91. The molecule has 3 rings (SSSR count). The molecule has 3 aromatic rings. The van der Waals surface area contributed by atoms with Gasteiger partial charge in [-0.2, -0.15) is 5.10 Å². The smallest absolute Gasteiger partial charge is 0.245 e. The number of aromatic nitrogens is 4. The number of ether oxygens (including phenoxy) is 1. The Balaban J connectivity index is 2.20. The van der Waals surface area contributed by atoms with Gasteiger partial charge in [-0.3, -0.25) is 0 Å². The van der Waals surface area contributed by atoms with E-state index in [2.05, 4.69) is 30.0 Å². The second kappa shape index (κ2) is 5.16. The van der Waals surface area contributed by atoms with Crippen molar-refractivity contribution < 1.29 is 14.5 Å². The van der Waals surface area contributed by atoms with Gasteiger partial charge >= 0.3 is 0 Å². The molecule has 0 saturated carbocycles. The molecule has 1 aromatic carbocycles. The van der Waals surface area contributed by atoms with Crippen molar-refractivity contribution in [1.82, 2.24) is 20.3 Å². The number of methoxy groups -OCH3 is 1. The second-order valence-electron chi connectivity index (χ2n) is 4.23. The minimum absolute atomic E-state index is 0.0228. The van der Waals surface area contributed by atoms with Crippen LogP contribution in [-0.4, -0.2) is 38.2 Å². The first-order valence-electron chi connectivity index (χ1n) is 6.05. The second-order valence-corrected chi connectivity index (χ2v) is 4.23. The number of nitrogens with two attached hydrogens (primary N) is 2. The number of phenolic OH excluding ortho intramolecular Hbond substituents is 1. The third-order valence-corrected chi connectivity index (χ3v) is 2.95. The zero-order chi connectivity index (χ0) is 15.7. The monoisotopic (exact) mass is 301 g/mol. The minimum Gasteiger partial charge on any atom is -0.507 e. The maximum Gasteiger partial charge on any atom is 0.245 e. The summed E-state index contributed by atoms with van der Waals surface area (Å²) >= 11 is 0. The van der Waals surface area contributed by atoms with Crippen molar-refractivity contribution in [1.29, 1.82) is 0 Å². The van der Waals surface area contributed by atoms with Crippen LogP contribution in [0.3, 0.4) is 0 Å². The van der Waals surface area contributed by atoms with Gasteiger partial charge in [-0.15, -0.1) is 0 Å². The zero-order valence-corrected chi connectivity index (χ0v) is 11.4. The number of nitrogens with zero attached hydrogens (tertiary/aromatic N) is 5. The first-order valence-corrected chi connectivity index (χ1v) is 6.05. The predicted molar refractivity (Wildman–Crippen MR) is 76.3 cm³/mol. The van der Waals surface area contributed by atoms with Gasteiger partial charge in [0.1, 0.15) is 22.9 Å². The van der Waals surface area contributed by atoms with Crippen LogP contribution in [0.1, 0.15) is 11.3 Å². The molecule has 0 bridgehead atoms. The fraction of sp³-hybridized carbons (Fsp3) is 0.0833. The molecule has 0 unspecified atom stereocenters. The van der Waals surface area contributed by atoms with Crippen LogP contribution in [0.5, 0.6) is 11.5 Å². The lowest BCUT2D eigenvalue weighted by molar-refractivity contribution is 0.314. The van der Waals surface area contributed by atoms with Crippen LogP contribution < -0.4 is 16.3 Å². The lowest BCUT2D eigenvalue weighted by atomic mass is 10.1. The Hall–Kier alpha value is -3.43. The summed E-state index contributed by atoms with van der Waals surface area (Å²) in [6.07, 6.45) is 0. The molecular formula is C12H11N7O3. The molecule has 112 valence electrons. The van der Waals surface area contributed by atoms with Crippen LogP contribution >= 0.6 is 0 Å². The van der Waals surface area contributed by atoms with Crippen molar-refractivity contribution >= 4 is 22.8 Å². The average Bonchev–Trinajstić information content (AvgIpc) is 2.97. The van der Waals surface area contributed by atoms with Crippen LogP contribution in [0.15, 0.2) is 27.9 Å². The Morgan fingerprint density at radius 2 is 2.00 bits per heavy atom. The van der Waals surface area contributed by atoms with Gasteiger partial charge in [-0.25, -0.2) is 14.6 Å². The van der Waals surface area contributed by atoms with E-state index in [0.717, 1.165) is 0 Å². The van der Waals surface area contributed by atoms with Crippen molar-refractivity contribution in [3.63, 3.8) is 0 Å². The van der Waals surface area contributed by atoms with Crippen LogP contribution in [0.25, 0.3) is 11.3 Å². The van der Waals surface area contributed by atoms with E-state index in [-0.39, 0.29) is 34.3 Å². The summed E-state index contributed by atoms with van der Waals surface area (Å²) in [7, 11) is 1.50. The summed E-state index contributed by atoms with van der Waals surface area (Å²) in [4.78, 5) is 8.16. The highest BCUT2D eigenvalue weighted by Gasteiger charge is 2.20. The fourth-order valence-electron chi connectivity index (χ4n) is 1.91. The number of aromatic hydroxyl groups is 1. The van der Waals surface area contributed by atoms with Crippen LogP contribution in [0.4, 0.5) is 5.82 Å². The lowest BCUT2D eigenvalue weighted by Crippen LogP contribution is -2.13. The maximum atomic E-state index is 10.0. The van der Waals surface area contributed by atoms with E-state index in [1.807, 2.05) is 0 Å². The Labute approximate surface area is 123 Å². The molecule has 5 N–H and O–H groups in total. The molecule has 0 saturated heterocycles. The first kappa shape index (κ1) is 13.5. The Bertz CT molecular complexity index is 874. The first-order chi connectivity index (χ1) is 10.6. The third-order valence-electron chi connectivity index (χ3n) is 2.95. The SMILES string of the molecule is COc1ccc(O)c(C(=NN)c2nc3nonc3nc2N)c1. The molecule has 0 spiro atoms. The maximum absolute atomic E-state index is 10.0. The highest BCUT2D eigenvalue weighted by Crippen LogP contribution is 2.27. The average molecular weight is 301 g/mol. The molecule has 0 amide bonds. The van der Waals surface area contributed by atoms with Crippen molar-refractivity contribution in [3.05, 3.63) is 29.5 Å². The van der Waals surface area contributed by atoms with Crippen molar-refractivity contribution in [2.45, 2.75) is 0 Å². The zero-order valence-electron chi connectivity index (χ0n) is 11.4. The van der Waals surface area contributed by atoms with Gasteiger partial charge in [-0.1, -0.05) is 0 Å². The highest BCUT2D eigenvalue weighted by atomic mass is 16.6. The third kappa shape index (κ3) is 2.12. The molecule has 0 radical (unpaired) electrons. The summed E-state index contributed by atoms with van der Waals surface area (Å²) in [5.74, 6) is 5.90. The minimum atomic E-state index is -0.0652. The number of fused-ring (bicyclic) bond motifs is 1. The molecule has 2 aromatic heterocycles. The van der Waals surface area contributed by atoms with Crippen molar-refractivity contribution in [2.24, 2.45) is 10.9 Å². The van der Waals surface area contributed by atoms with E-state index >= 15 is 0 Å². The summed E-state index contributed by atoms with van der Waals surface area (Å²) in [5.41, 5.74) is 6.72. The number of phenols is 1. The van der Waals surface area contributed by atoms with Crippen molar-refractivity contribution in [2.75, 3.05) is 12.8 Å². The van der Waals surface area contributed by atoms with Gasteiger partial charge in [0.05, 0.1) is 7.11 Å². The number of anilines is 1. The van der Waals surface area contributed by atoms with E-state index in [1.165, 1.54) is 13.2 Å². The molecule has 0 aliphatic carbocycles. The van der Waals surface area contributed by atoms with E-state index < -0.39 is 0 Å². The number of hydrogen-bond donors (Lipinski definition) is 3. The number of nitrogen functional groups attached to an aromatic ring is 1. The van der Waals surface area contributed by atoms with Crippen LogP contribution in [0, 0.1) is 0 Å². The predicted octanol–water partition coefficient (Wildman–Crippen LogP) is 0.0203. The highest BCUT2D eigenvalue weighted by molar-refractivity contribution is 6.16. The van der Waals surface area contributed by atoms with E-state index in [1.54, 1.807) is 12.1 Å². The molecule has 0 aliphatic heterocycles. The van der Waals surface area contributed by atoms with E-state index in [9.17, 15) is 5.11 Å². The molecule has 10 nitrogen and oxygen atoms in total. The summed E-state index contributed by atoms with van der Waals surface area (Å²) < 4.78 is 9.65. The van der Waals surface area contributed by atoms with Gasteiger partial charge in [0.15, 0.2) is 5.82 Å². The number of benzene rings is 1. The molecular weight excluding hydrogens is 290 g/mol. The molecule has 22 heavy (non-hydrogen) atoms. The van der Waals surface area contributed by atoms with Crippen LogP contribution in [0.2, 0.25) is 0 Å². The Kier molecular flexibility index (Phi) is 3.18. The molecule has 0 atom stereocenters. The van der Waals surface area contributed by atoms with Gasteiger partial charge in [0, 0.05) is 5.56 Å². The van der Waals surface area contributed by atoms with Gasteiger partial charge in [0.25, 0.3) is 0 Å². The lowest BCUT2D eigenvalue weighted by Gasteiger charge is -2.10. The Morgan fingerprint density at radius 3 is 2.68 bits per heavy atom. The number of hydrogen-bond acceptors (Lipinski definition) is 10. The normalized spacial score (nSPS) is 11.8. The summed E-state index contributed by atoms with van der Waals surface area (Å²) in [5, 5.41) is 20.8. The molecule has 2 heterocycles. The van der Waals surface area contributed by atoms with E-state index in [0.29, 0.717) is 11.3 Å². The Morgan fingerprint density at radius 1 is 1.27 bits per heavy atom. The quantitative estimate of drug-likeness (QED) is 0.344. The largest absolute Gasteiger partial charge is 0.507 e. The topological polar surface area (TPSA) is 159 Å². The molecule has 10 heteroatoms. The standard InChI is InChI=1S/C12H11N7O3/c1-21-5-2-3-7(20)6(4-5)8(17-14)9-10(13)16-12-11(15-9)18-22-19-12/h2-4,20H,14H2,1H3,(H2,13,16,19). The summed E-state index contributed by atoms with van der Waals surface area (Å²) in [6.45, 7) is 0. The summed E-state index contributed by atoms with van der Waals surface area (Å²) in [6, 6.07) is 4.58. The molecule has 0 aliphatic rings. The molecule has 0 fully saturated rings. The van der Waals surface area contributed by atoms with Gasteiger partial charge < -0.3 is 21.4 Å².